The third-order valence-electron chi connectivity index (χ3n) is 3.75. The Balaban J connectivity index is 2.49. The fourth-order valence-corrected chi connectivity index (χ4v) is 2.54. The van der Waals surface area contributed by atoms with Crippen LogP contribution in [-0.2, 0) is 0 Å². The van der Waals surface area contributed by atoms with E-state index in [1.165, 1.54) is 0 Å². The van der Waals surface area contributed by atoms with Gasteiger partial charge in [0.25, 0.3) is 0 Å². The van der Waals surface area contributed by atoms with E-state index < -0.39 is 0 Å². The first kappa shape index (κ1) is 13.4. The van der Waals surface area contributed by atoms with Crippen molar-refractivity contribution in [3.63, 3.8) is 0 Å². The van der Waals surface area contributed by atoms with Crippen LogP contribution in [0.15, 0.2) is 18.2 Å². The van der Waals surface area contributed by atoms with Crippen LogP contribution in [0.1, 0.15) is 45.2 Å². The maximum Gasteiger partial charge on any atom is 0.201 e. The summed E-state index contributed by atoms with van der Waals surface area (Å²) >= 11 is 0. The van der Waals surface area contributed by atoms with Gasteiger partial charge in [-0.1, -0.05) is 26.3 Å². The van der Waals surface area contributed by atoms with Crippen molar-refractivity contribution in [3.8, 4) is 6.07 Å². The Bertz CT molecular complexity index is 621. The van der Waals surface area contributed by atoms with E-state index in [1.54, 1.807) is 6.07 Å². The zero-order valence-electron chi connectivity index (χ0n) is 11.7. The van der Waals surface area contributed by atoms with E-state index in [-0.39, 0.29) is 6.04 Å². The molecule has 0 bridgehead atoms. The van der Waals surface area contributed by atoms with Gasteiger partial charge in [0.2, 0.25) is 5.95 Å². The van der Waals surface area contributed by atoms with Gasteiger partial charge in [-0.05, 0) is 31.4 Å². The highest BCUT2D eigenvalue weighted by molar-refractivity contribution is 5.84. The van der Waals surface area contributed by atoms with Crippen molar-refractivity contribution in [1.29, 1.82) is 5.26 Å². The number of benzene rings is 1. The number of anilines is 1. The molecular weight excluding hydrogens is 236 g/mol. The highest BCUT2D eigenvalue weighted by Crippen LogP contribution is 2.28. The summed E-state index contributed by atoms with van der Waals surface area (Å²) in [7, 11) is 0. The Kier molecular flexibility index (Phi) is 3.75. The molecule has 2 rings (SSSR count). The number of hydrogen-bond acceptors (Lipinski definition) is 3. The molecule has 0 aliphatic carbocycles. The number of rotatable bonds is 4. The van der Waals surface area contributed by atoms with Gasteiger partial charge in [-0.2, -0.15) is 5.26 Å². The molecule has 2 atom stereocenters. The lowest BCUT2D eigenvalue weighted by Crippen LogP contribution is -2.11. The van der Waals surface area contributed by atoms with Crippen LogP contribution < -0.4 is 5.73 Å². The largest absolute Gasteiger partial charge is 0.369 e. The van der Waals surface area contributed by atoms with Gasteiger partial charge < -0.3 is 10.3 Å². The van der Waals surface area contributed by atoms with Crippen molar-refractivity contribution in [3.05, 3.63) is 23.8 Å². The van der Waals surface area contributed by atoms with Crippen LogP contribution in [-0.4, -0.2) is 9.55 Å². The van der Waals surface area contributed by atoms with Crippen LogP contribution in [0.5, 0.6) is 0 Å². The molecule has 0 aliphatic rings. The predicted octanol–water partition coefficient (Wildman–Crippen LogP) is 3.49. The van der Waals surface area contributed by atoms with Crippen LogP contribution in [0.2, 0.25) is 0 Å². The fourth-order valence-electron chi connectivity index (χ4n) is 2.54. The lowest BCUT2D eigenvalue weighted by molar-refractivity contribution is 0.407. The molecule has 0 saturated heterocycles. The summed E-state index contributed by atoms with van der Waals surface area (Å²) in [6, 6.07) is 8.09. The number of imidazole rings is 1. The Morgan fingerprint density at radius 2 is 2.16 bits per heavy atom. The number of nitriles is 1. The number of nitrogens with zero attached hydrogens (tertiary/aromatic N) is 3. The second kappa shape index (κ2) is 5.31. The molecule has 1 aromatic carbocycles. The fraction of sp³-hybridized carbons (Fsp3) is 0.467. The Morgan fingerprint density at radius 3 is 2.79 bits per heavy atom. The Morgan fingerprint density at radius 1 is 1.42 bits per heavy atom. The van der Waals surface area contributed by atoms with E-state index in [0.717, 1.165) is 18.4 Å². The van der Waals surface area contributed by atoms with E-state index in [9.17, 15) is 0 Å². The molecule has 100 valence electrons. The summed E-state index contributed by atoms with van der Waals surface area (Å²) in [5, 5.41) is 9.12. The molecule has 19 heavy (non-hydrogen) atoms. The second-order valence-electron chi connectivity index (χ2n) is 5.22. The van der Waals surface area contributed by atoms with Crippen LogP contribution in [0.3, 0.4) is 0 Å². The van der Waals surface area contributed by atoms with Crippen molar-refractivity contribution < 1.29 is 0 Å². The molecule has 0 amide bonds. The molecule has 2 aromatic rings. The first-order chi connectivity index (χ1) is 9.08. The monoisotopic (exact) mass is 256 g/mol. The minimum atomic E-state index is 0.286. The summed E-state index contributed by atoms with van der Waals surface area (Å²) in [4.78, 5) is 4.36. The molecule has 0 spiro atoms. The van der Waals surface area contributed by atoms with E-state index in [0.29, 0.717) is 22.9 Å². The predicted molar refractivity (Wildman–Crippen MR) is 77.6 cm³/mol. The zero-order valence-corrected chi connectivity index (χ0v) is 11.7. The molecule has 0 saturated carbocycles. The number of aromatic nitrogens is 2. The molecule has 2 unspecified atom stereocenters. The number of para-hydroxylation sites is 1. The Hall–Kier alpha value is -2.02. The standard InChI is InChI=1S/C15H20N4/c1-4-10(2)8-11(3)19-13-7-5-6-12(9-16)14(13)18-15(19)17/h5-7,10-11H,4,8H2,1-3H3,(H2,17,18). The third kappa shape index (κ3) is 2.41. The van der Waals surface area contributed by atoms with Crippen molar-refractivity contribution in [1.82, 2.24) is 9.55 Å². The van der Waals surface area contributed by atoms with Crippen molar-refractivity contribution in [2.75, 3.05) is 5.73 Å². The van der Waals surface area contributed by atoms with E-state index in [1.807, 2.05) is 16.7 Å². The molecule has 0 aliphatic heterocycles. The summed E-state index contributed by atoms with van der Waals surface area (Å²) in [6.07, 6.45) is 2.21. The highest BCUT2D eigenvalue weighted by Gasteiger charge is 2.17. The van der Waals surface area contributed by atoms with Gasteiger partial charge in [0.05, 0.1) is 11.1 Å². The molecule has 4 nitrogen and oxygen atoms in total. The van der Waals surface area contributed by atoms with Crippen LogP contribution in [0.25, 0.3) is 11.0 Å². The molecule has 4 heteroatoms. The van der Waals surface area contributed by atoms with Gasteiger partial charge in [0.15, 0.2) is 0 Å². The molecular formula is C15H20N4. The second-order valence-corrected chi connectivity index (χ2v) is 5.22. The molecule has 1 aromatic heterocycles. The minimum absolute atomic E-state index is 0.286. The Labute approximate surface area is 113 Å². The lowest BCUT2D eigenvalue weighted by atomic mass is 10.00. The maximum atomic E-state index is 9.12. The van der Waals surface area contributed by atoms with E-state index in [4.69, 9.17) is 11.0 Å². The third-order valence-corrected chi connectivity index (χ3v) is 3.75. The number of nitrogens with two attached hydrogens (primary N) is 1. The van der Waals surface area contributed by atoms with E-state index >= 15 is 0 Å². The lowest BCUT2D eigenvalue weighted by Gasteiger charge is -2.19. The van der Waals surface area contributed by atoms with Gasteiger partial charge >= 0.3 is 0 Å². The van der Waals surface area contributed by atoms with Gasteiger partial charge in [-0.3, -0.25) is 0 Å². The number of nitrogen functional groups attached to an aromatic ring is 1. The van der Waals surface area contributed by atoms with E-state index in [2.05, 4.69) is 31.8 Å². The SMILES string of the molecule is CCC(C)CC(C)n1c(N)nc2c(C#N)cccc21. The molecule has 2 N–H and O–H groups in total. The van der Waals surface area contributed by atoms with Gasteiger partial charge in [-0.15, -0.1) is 0 Å². The number of fused-ring (bicyclic) bond motifs is 1. The molecule has 0 radical (unpaired) electrons. The topological polar surface area (TPSA) is 67.6 Å². The van der Waals surface area contributed by atoms with Gasteiger partial charge in [0.1, 0.15) is 11.6 Å². The molecule has 1 heterocycles. The van der Waals surface area contributed by atoms with Gasteiger partial charge in [-0.25, -0.2) is 4.98 Å². The van der Waals surface area contributed by atoms with Crippen molar-refractivity contribution in [2.45, 2.75) is 39.7 Å². The summed E-state index contributed by atoms with van der Waals surface area (Å²) in [5.74, 6) is 1.14. The quantitative estimate of drug-likeness (QED) is 0.910. The number of hydrogen-bond donors (Lipinski definition) is 1. The smallest absolute Gasteiger partial charge is 0.201 e. The average molecular weight is 256 g/mol. The summed E-state index contributed by atoms with van der Waals surface area (Å²) < 4.78 is 2.04. The highest BCUT2D eigenvalue weighted by atomic mass is 15.2. The summed E-state index contributed by atoms with van der Waals surface area (Å²) in [5.41, 5.74) is 8.28. The van der Waals surface area contributed by atoms with Crippen LogP contribution >= 0.6 is 0 Å². The first-order valence-electron chi connectivity index (χ1n) is 6.75. The summed E-state index contributed by atoms with van der Waals surface area (Å²) in [6.45, 7) is 6.59. The molecule has 0 fully saturated rings. The van der Waals surface area contributed by atoms with Crippen LogP contribution in [0, 0.1) is 17.2 Å². The first-order valence-corrected chi connectivity index (χ1v) is 6.75. The minimum Gasteiger partial charge on any atom is -0.369 e. The average Bonchev–Trinajstić information content (AvgIpc) is 2.74. The normalized spacial score (nSPS) is 14.2. The maximum absolute atomic E-state index is 9.12. The van der Waals surface area contributed by atoms with Crippen molar-refractivity contribution in [2.24, 2.45) is 5.92 Å². The zero-order chi connectivity index (χ0) is 14.0. The van der Waals surface area contributed by atoms with Crippen molar-refractivity contribution >= 4 is 17.0 Å². The van der Waals surface area contributed by atoms with Crippen LogP contribution in [0.4, 0.5) is 5.95 Å². The van der Waals surface area contributed by atoms with Gasteiger partial charge in [0, 0.05) is 6.04 Å².